The number of halogens is 1. The summed E-state index contributed by atoms with van der Waals surface area (Å²) in [6, 6.07) is 10.2. The van der Waals surface area contributed by atoms with Crippen LogP contribution in [-0.4, -0.2) is 9.38 Å². The Balaban J connectivity index is 2.60. The maximum Gasteiger partial charge on any atom is 0.0871 e. The Bertz CT molecular complexity index is 613. The zero-order valence-electron chi connectivity index (χ0n) is 7.31. The summed E-state index contributed by atoms with van der Waals surface area (Å²) in [4.78, 5) is 4.38. The van der Waals surface area contributed by atoms with Gasteiger partial charge in [-0.3, -0.25) is 4.98 Å². The van der Waals surface area contributed by atoms with E-state index >= 15 is 0 Å². The first-order valence-electron chi connectivity index (χ1n) is 4.36. The smallest absolute Gasteiger partial charge is 0.0871 e. The molecule has 0 bridgehead atoms. The van der Waals surface area contributed by atoms with Gasteiger partial charge in [0.25, 0.3) is 0 Å². The predicted octanol–water partition coefficient (Wildman–Crippen LogP) is 3.25. The third kappa shape index (κ3) is 1.06. The molecular weight excluding hydrogens is 240 g/mol. The molecule has 0 N–H and O–H groups in total. The number of hydrogen-bond acceptors (Lipinski definition) is 1. The van der Waals surface area contributed by atoms with E-state index < -0.39 is 0 Å². The number of benzene rings is 1. The monoisotopic (exact) mass is 246 g/mol. The van der Waals surface area contributed by atoms with E-state index in [1.54, 1.807) is 0 Å². The molecule has 0 aliphatic rings. The molecule has 3 aromatic rings. The third-order valence-electron chi connectivity index (χ3n) is 2.31. The predicted molar refractivity (Wildman–Crippen MR) is 60.4 cm³/mol. The molecular formula is C11H7BrN2. The van der Waals surface area contributed by atoms with Gasteiger partial charge in [-0.2, -0.15) is 0 Å². The summed E-state index contributed by atoms with van der Waals surface area (Å²) in [7, 11) is 0. The van der Waals surface area contributed by atoms with Gasteiger partial charge in [0, 0.05) is 10.7 Å². The van der Waals surface area contributed by atoms with Crippen LogP contribution >= 0.6 is 15.9 Å². The fourth-order valence-electron chi connectivity index (χ4n) is 1.65. The Kier molecular flexibility index (Phi) is 1.61. The maximum absolute atomic E-state index is 4.38. The van der Waals surface area contributed by atoms with Gasteiger partial charge in [-0.25, -0.2) is 0 Å². The van der Waals surface area contributed by atoms with Gasteiger partial charge in [-0.15, -0.1) is 0 Å². The normalized spacial score (nSPS) is 11.2. The van der Waals surface area contributed by atoms with E-state index in [1.807, 2.05) is 36.7 Å². The topological polar surface area (TPSA) is 17.3 Å². The van der Waals surface area contributed by atoms with Gasteiger partial charge in [0.1, 0.15) is 0 Å². The summed E-state index contributed by atoms with van der Waals surface area (Å²) < 4.78 is 3.21. The summed E-state index contributed by atoms with van der Waals surface area (Å²) in [6.07, 6.45) is 3.93. The summed E-state index contributed by atoms with van der Waals surface area (Å²) in [5.41, 5.74) is 3.26. The van der Waals surface area contributed by atoms with Gasteiger partial charge in [-0.05, 0) is 30.3 Å². The van der Waals surface area contributed by atoms with Crippen molar-refractivity contribution in [1.82, 2.24) is 9.38 Å². The van der Waals surface area contributed by atoms with Crippen LogP contribution in [0.3, 0.4) is 0 Å². The minimum absolute atomic E-state index is 1.01. The second kappa shape index (κ2) is 2.82. The van der Waals surface area contributed by atoms with Gasteiger partial charge in [-0.1, -0.05) is 15.9 Å². The average Bonchev–Trinajstić information content (AvgIpc) is 2.65. The van der Waals surface area contributed by atoms with Crippen LogP contribution in [0.5, 0.6) is 0 Å². The summed E-state index contributed by atoms with van der Waals surface area (Å²) >= 11 is 3.47. The van der Waals surface area contributed by atoms with Crippen LogP contribution in [0, 0.1) is 0 Å². The van der Waals surface area contributed by atoms with Crippen molar-refractivity contribution >= 4 is 32.5 Å². The summed E-state index contributed by atoms with van der Waals surface area (Å²) in [6.45, 7) is 0. The molecule has 1 aromatic carbocycles. The van der Waals surface area contributed by atoms with Gasteiger partial charge in [0.2, 0.25) is 0 Å². The van der Waals surface area contributed by atoms with E-state index in [0.717, 1.165) is 21.0 Å². The van der Waals surface area contributed by atoms with Crippen LogP contribution < -0.4 is 0 Å². The van der Waals surface area contributed by atoms with Crippen molar-refractivity contribution in [1.29, 1.82) is 0 Å². The number of fused-ring (bicyclic) bond motifs is 3. The van der Waals surface area contributed by atoms with Crippen LogP contribution in [0.4, 0.5) is 0 Å². The quantitative estimate of drug-likeness (QED) is 0.596. The van der Waals surface area contributed by atoms with Gasteiger partial charge in [0.15, 0.2) is 0 Å². The van der Waals surface area contributed by atoms with Crippen molar-refractivity contribution in [2.24, 2.45) is 0 Å². The molecule has 0 saturated carbocycles. The zero-order valence-corrected chi connectivity index (χ0v) is 8.90. The fourth-order valence-corrected chi connectivity index (χ4v) is 2.00. The van der Waals surface area contributed by atoms with E-state index in [2.05, 4.69) is 31.4 Å². The van der Waals surface area contributed by atoms with Crippen LogP contribution in [0.25, 0.3) is 16.6 Å². The highest BCUT2D eigenvalue weighted by molar-refractivity contribution is 9.10. The highest BCUT2D eigenvalue weighted by Gasteiger charge is 2.00. The van der Waals surface area contributed by atoms with Gasteiger partial charge < -0.3 is 4.40 Å². The maximum atomic E-state index is 4.38. The van der Waals surface area contributed by atoms with E-state index in [1.165, 1.54) is 0 Å². The van der Waals surface area contributed by atoms with Crippen LogP contribution in [-0.2, 0) is 0 Å². The third-order valence-corrected chi connectivity index (χ3v) is 2.81. The highest BCUT2D eigenvalue weighted by atomic mass is 79.9. The number of aromatic nitrogens is 2. The van der Waals surface area contributed by atoms with E-state index in [9.17, 15) is 0 Å². The molecule has 0 aliphatic heterocycles. The Hall–Kier alpha value is -1.35. The molecule has 2 nitrogen and oxygen atoms in total. The number of nitrogens with zero attached hydrogens (tertiary/aromatic N) is 2. The highest BCUT2D eigenvalue weighted by Crippen LogP contribution is 2.19. The zero-order chi connectivity index (χ0) is 9.54. The lowest BCUT2D eigenvalue weighted by Gasteiger charge is -2.01. The lowest BCUT2D eigenvalue weighted by Crippen LogP contribution is -1.88. The Labute approximate surface area is 89.3 Å². The molecule has 14 heavy (non-hydrogen) atoms. The molecule has 0 radical (unpaired) electrons. The standard InChI is InChI=1S/C11H7BrN2/c12-8-3-4-10-11(6-8)14-5-1-2-9(14)7-13-10/h1-7H. The van der Waals surface area contributed by atoms with Crippen molar-refractivity contribution in [3.05, 3.63) is 47.2 Å². The molecule has 0 aliphatic carbocycles. The molecule has 2 aromatic heterocycles. The van der Waals surface area contributed by atoms with Crippen molar-refractivity contribution in [3.63, 3.8) is 0 Å². The Morgan fingerprint density at radius 3 is 3.07 bits per heavy atom. The Morgan fingerprint density at radius 1 is 1.21 bits per heavy atom. The van der Waals surface area contributed by atoms with E-state index in [0.29, 0.717) is 0 Å². The molecule has 0 saturated heterocycles. The summed E-state index contributed by atoms with van der Waals surface area (Å²) in [5, 5.41) is 0. The first-order chi connectivity index (χ1) is 6.84. The molecule has 3 rings (SSSR count). The molecule has 68 valence electrons. The van der Waals surface area contributed by atoms with E-state index in [4.69, 9.17) is 0 Å². The van der Waals surface area contributed by atoms with Crippen molar-refractivity contribution < 1.29 is 0 Å². The summed E-state index contributed by atoms with van der Waals surface area (Å²) in [5.74, 6) is 0. The molecule has 3 heteroatoms. The second-order valence-corrected chi connectivity index (χ2v) is 4.11. The number of rotatable bonds is 0. The largest absolute Gasteiger partial charge is 0.314 e. The number of hydrogen-bond donors (Lipinski definition) is 0. The minimum Gasteiger partial charge on any atom is -0.314 e. The van der Waals surface area contributed by atoms with E-state index in [-0.39, 0.29) is 0 Å². The lowest BCUT2D eigenvalue weighted by atomic mass is 10.3. The fraction of sp³-hybridized carbons (Fsp3) is 0. The lowest BCUT2D eigenvalue weighted by molar-refractivity contribution is 1.23. The Morgan fingerprint density at radius 2 is 2.14 bits per heavy atom. The minimum atomic E-state index is 1.01. The molecule has 2 heterocycles. The molecule has 0 fully saturated rings. The average molecular weight is 247 g/mol. The van der Waals surface area contributed by atoms with Crippen LogP contribution in [0.15, 0.2) is 47.2 Å². The van der Waals surface area contributed by atoms with Gasteiger partial charge >= 0.3 is 0 Å². The van der Waals surface area contributed by atoms with Crippen molar-refractivity contribution in [2.45, 2.75) is 0 Å². The molecule has 0 atom stereocenters. The van der Waals surface area contributed by atoms with Crippen LogP contribution in [0.2, 0.25) is 0 Å². The second-order valence-electron chi connectivity index (χ2n) is 3.19. The first-order valence-corrected chi connectivity index (χ1v) is 5.15. The molecule has 0 amide bonds. The van der Waals surface area contributed by atoms with Crippen molar-refractivity contribution in [3.8, 4) is 0 Å². The SMILES string of the molecule is Brc1ccc2ncc3cccn3c2c1. The van der Waals surface area contributed by atoms with Crippen molar-refractivity contribution in [2.75, 3.05) is 0 Å². The molecule has 0 unspecified atom stereocenters. The first kappa shape index (κ1) is 8.00. The van der Waals surface area contributed by atoms with Gasteiger partial charge in [0.05, 0.1) is 22.7 Å². The molecule has 0 spiro atoms. The van der Waals surface area contributed by atoms with Crippen LogP contribution in [0.1, 0.15) is 0 Å².